The number of hydrogen-bond acceptors (Lipinski definition) is 3. The van der Waals surface area contributed by atoms with E-state index in [1.54, 1.807) is 29.2 Å². The zero-order chi connectivity index (χ0) is 22.0. The molecule has 1 heterocycles. The Kier molecular flexibility index (Phi) is 6.11. The number of carbonyl (C=O) groups excluding carboxylic acids is 1. The van der Waals surface area contributed by atoms with Crippen molar-refractivity contribution in [1.29, 1.82) is 0 Å². The highest BCUT2D eigenvalue weighted by atomic mass is 19.1. The van der Waals surface area contributed by atoms with E-state index in [4.69, 9.17) is 5.73 Å². The summed E-state index contributed by atoms with van der Waals surface area (Å²) in [5, 5.41) is 10.5. The maximum atomic E-state index is 13.4. The van der Waals surface area contributed by atoms with Gasteiger partial charge in [0, 0.05) is 12.2 Å². The highest BCUT2D eigenvalue weighted by Crippen LogP contribution is 2.46. The van der Waals surface area contributed by atoms with Crippen molar-refractivity contribution in [3.63, 3.8) is 0 Å². The Bertz CT molecular complexity index is 1040. The number of hydrogen-bond donors (Lipinski definition) is 2. The molecule has 3 aromatic rings. The zero-order valence-electron chi connectivity index (χ0n) is 16.9. The summed E-state index contributed by atoms with van der Waals surface area (Å²) in [7, 11) is 0. The van der Waals surface area contributed by atoms with Gasteiger partial charge in [0.25, 0.3) is 0 Å². The molecule has 0 saturated carbocycles. The first-order valence-corrected chi connectivity index (χ1v) is 10.3. The van der Waals surface area contributed by atoms with Crippen LogP contribution in [0.5, 0.6) is 0 Å². The molecule has 31 heavy (non-hydrogen) atoms. The van der Waals surface area contributed by atoms with Crippen LogP contribution in [0.1, 0.15) is 41.7 Å². The quantitative estimate of drug-likeness (QED) is 0.545. The van der Waals surface area contributed by atoms with E-state index in [0.717, 1.165) is 11.1 Å². The molecule has 6 heteroatoms. The van der Waals surface area contributed by atoms with E-state index in [2.05, 4.69) is 0 Å². The van der Waals surface area contributed by atoms with Crippen LogP contribution in [0.4, 0.5) is 14.5 Å². The van der Waals surface area contributed by atoms with Crippen LogP contribution in [0, 0.1) is 17.6 Å². The first kappa shape index (κ1) is 21.2. The SMILES string of the molecule is NCc1ccc(C2C(CCC(O)c3ccc(F)cc3)C(=O)N2c2ccc(F)cc2)cc1. The van der Waals surface area contributed by atoms with Crippen molar-refractivity contribution >= 4 is 11.6 Å². The first-order chi connectivity index (χ1) is 15.0. The Morgan fingerprint density at radius 2 is 1.48 bits per heavy atom. The van der Waals surface area contributed by atoms with Gasteiger partial charge in [-0.15, -0.1) is 0 Å². The molecule has 3 aromatic carbocycles. The van der Waals surface area contributed by atoms with Crippen LogP contribution in [0.25, 0.3) is 0 Å². The minimum absolute atomic E-state index is 0.0641. The average molecular weight is 422 g/mol. The number of amides is 1. The Labute approximate surface area is 179 Å². The molecule has 0 aliphatic carbocycles. The molecule has 0 radical (unpaired) electrons. The Morgan fingerprint density at radius 3 is 2.06 bits per heavy atom. The minimum atomic E-state index is -0.784. The molecule has 1 aliphatic rings. The van der Waals surface area contributed by atoms with Gasteiger partial charge in [-0.25, -0.2) is 8.78 Å². The molecule has 3 N–H and O–H groups in total. The number of carbonyl (C=O) groups is 1. The van der Waals surface area contributed by atoms with E-state index in [0.29, 0.717) is 30.6 Å². The second-order valence-corrected chi connectivity index (χ2v) is 7.83. The van der Waals surface area contributed by atoms with E-state index < -0.39 is 6.10 Å². The lowest BCUT2D eigenvalue weighted by Crippen LogP contribution is -2.55. The number of nitrogens with two attached hydrogens (primary N) is 1. The lowest BCUT2D eigenvalue weighted by Gasteiger charge is -2.48. The van der Waals surface area contributed by atoms with Gasteiger partial charge in [0.2, 0.25) is 5.91 Å². The predicted octanol–water partition coefficient (Wildman–Crippen LogP) is 4.64. The summed E-state index contributed by atoms with van der Waals surface area (Å²) < 4.78 is 26.5. The van der Waals surface area contributed by atoms with Gasteiger partial charge in [-0.05, 0) is 65.9 Å². The summed E-state index contributed by atoms with van der Waals surface area (Å²) in [5.41, 5.74) is 8.90. The number of aliphatic hydroxyl groups is 1. The summed E-state index contributed by atoms with van der Waals surface area (Å²) in [6.07, 6.45) is 0.0586. The molecule has 1 fully saturated rings. The van der Waals surface area contributed by atoms with E-state index in [1.807, 2.05) is 24.3 Å². The van der Waals surface area contributed by atoms with Gasteiger partial charge < -0.3 is 15.7 Å². The molecule has 1 aliphatic heterocycles. The van der Waals surface area contributed by atoms with Crippen molar-refractivity contribution < 1.29 is 18.7 Å². The van der Waals surface area contributed by atoms with Crippen molar-refractivity contribution in [2.45, 2.75) is 31.5 Å². The summed E-state index contributed by atoms with van der Waals surface area (Å²) in [6.45, 7) is 0.429. The number of anilines is 1. The molecule has 0 spiro atoms. The molecule has 0 bridgehead atoms. The number of benzene rings is 3. The van der Waals surface area contributed by atoms with E-state index in [1.165, 1.54) is 24.3 Å². The molecular formula is C25H24F2N2O2. The monoisotopic (exact) mass is 422 g/mol. The van der Waals surface area contributed by atoms with Crippen LogP contribution in [-0.2, 0) is 11.3 Å². The number of halogens is 2. The fraction of sp³-hybridized carbons (Fsp3) is 0.240. The van der Waals surface area contributed by atoms with Gasteiger partial charge in [-0.1, -0.05) is 36.4 Å². The van der Waals surface area contributed by atoms with Crippen LogP contribution in [0.3, 0.4) is 0 Å². The number of nitrogens with zero attached hydrogens (tertiary/aromatic N) is 1. The standard InChI is InChI=1S/C25H24F2N2O2/c26-19-7-5-17(6-8-19)23(30)14-13-22-24(18-3-1-16(15-28)2-4-18)29(25(22)31)21-11-9-20(27)10-12-21/h1-12,22-24,30H,13-15,28H2. The fourth-order valence-corrected chi connectivity index (χ4v) is 4.14. The molecule has 4 rings (SSSR count). The second kappa shape index (κ2) is 8.96. The second-order valence-electron chi connectivity index (χ2n) is 7.83. The highest BCUT2D eigenvalue weighted by Gasteiger charge is 2.48. The number of β-lactam (4-membered cyclic amide) rings is 1. The molecular weight excluding hydrogens is 398 g/mol. The maximum Gasteiger partial charge on any atom is 0.233 e. The van der Waals surface area contributed by atoms with E-state index >= 15 is 0 Å². The smallest absolute Gasteiger partial charge is 0.233 e. The zero-order valence-corrected chi connectivity index (χ0v) is 16.9. The van der Waals surface area contributed by atoms with Crippen molar-refractivity contribution in [3.05, 3.63) is 101 Å². The lowest BCUT2D eigenvalue weighted by atomic mass is 9.78. The molecule has 3 unspecified atom stereocenters. The van der Waals surface area contributed by atoms with Crippen LogP contribution in [0.2, 0.25) is 0 Å². The lowest BCUT2D eigenvalue weighted by molar-refractivity contribution is -0.131. The van der Waals surface area contributed by atoms with E-state index in [-0.39, 0.29) is 29.5 Å². The molecule has 0 aromatic heterocycles. The normalized spacial score (nSPS) is 19.2. The van der Waals surface area contributed by atoms with Gasteiger partial charge in [0.15, 0.2) is 0 Å². The van der Waals surface area contributed by atoms with Gasteiger partial charge >= 0.3 is 0 Å². The third kappa shape index (κ3) is 4.36. The number of aliphatic hydroxyl groups excluding tert-OH is 1. The summed E-state index contributed by atoms with van der Waals surface area (Å²) in [4.78, 5) is 14.7. The van der Waals surface area contributed by atoms with Gasteiger partial charge in [-0.3, -0.25) is 4.79 Å². The van der Waals surface area contributed by atoms with Gasteiger partial charge in [-0.2, -0.15) is 0 Å². The van der Waals surface area contributed by atoms with Crippen LogP contribution >= 0.6 is 0 Å². The third-order valence-corrected chi connectivity index (χ3v) is 5.88. The Balaban J connectivity index is 1.55. The van der Waals surface area contributed by atoms with Crippen molar-refractivity contribution in [1.82, 2.24) is 0 Å². The van der Waals surface area contributed by atoms with Crippen LogP contribution in [-0.4, -0.2) is 11.0 Å². The molecule has 4 nitrogen and oxygen atoms in total. The van der Waals surface area contributed by atoms with Gasteiger partial charge in [0.05, 0.1) is 18.1 Å². The van der Waals surface area contributed by atoms with Crippen LogP contribution < -0.4 is 10.6 Å². The maximum absolute atomic E-state index is 13.4. The molecule has 1 saturated heterocycles. The fourth-order valence-electron chi connectivity index (χ4n) is 4.14. The minimum Gasteiger partial charge on any atom is -0.388 e. The highest BCUT2D eigenvalue weighted by molar-refractivity contribution is 6.03. The molecule has 1 amide bonds. The average Bonchev–Trinajstić information content (AvgIpc) is 2.79. The molecule has 3 atom stereocenters. The van der Waals surface area contributed by atoms with E-state index in [9.17, 15) is 18.7 Å². The number of rotatable bonds is 7. The van der Waals surface area contributed by atoms with Crippen molar-refractivity contribution in [2.75, 3.05) is 4.90 Å². The first-order valence-electron chi connectivity index (χ1n) is 10.3. The summed E-state index contributed by atoms with van der Waals surface area (Å²) in [6, 6.07) is 19.2. The summed E-state index contributed by atoms with van der Waals surface area (Å²) >= 11 is 0. The third-order valence-electron chi connectivity index (χ3n) is 5.88. The van der Waals surface area contributed by atoms with Gasteiger partial charge in [0.1, 0.15) is 11.6 Å². The predicted molar refractivity (Wildman–Crippen MR) is 115 cm³/mol. The Hall–Kier alpha value is -3.09. The van der Waals surface area contributed by atoms with Crippen molar-refractivity contribution in [3.8, 4) is 0 Å². The topological polar surface area (TPSA) is 66.6 Å². The van der Waals surface area contributed by atoms with Crippen molar-refractivity contribution in [2.24, 2.45) is 11.7 Å². The molecule has 160 valence electrons. The summed E-state index contributed by atoms with van der Waals surface area (Å²) in [5.74, 6) is -1.10. The largest absolute Gasteiger partial charge is 0.388 e. The van der Waals surface area contributed by atoms with Crippen LogP contribution in [0.15, 0.2) is 72.8 Å². The Morgan fingerprint density at radius 1 is 0.903 bits per heavy atom.